The van der Waals surface area contributed by atoms with Gasteiger partial charge < -0.3 is 11.5 Å². The van der Waals surface area contributed by atoms with E-state index in [9.17, 15) is 4.79 Å². The largest absolute Gasteiger partial charge is 0.398 e. The van der Waals surface area contributed by atoms with E-state index < -0.39 is 0 Å². The van der Waals surface area contributed by atoms with Gasteiger partial charge in [-0.05, 0) is 31.5 Å². The molecule has 1 fully saturated rings. The van der Waals surface area contributed by atoms with Crippen molar-refractivity contribution in [2.75, 3.05) is 18.8 Å². The number of anilines is 1. The Hall–Kier alpha value is -1.26. The number of piperidine rings is 1. The minimum absolute atomic E-state index is 0.0533. The van der Waals surface area contributed by atoms with E-state index >= 15 is 0 Å². The van der Waals surface area contributed by atoms with Gasteiger partial charge in [0.2, 0.25) is 5.91 Å². The number of carbonyl (C=O) groups excluding carboxylic acids is 1. The summed E-state index contributed by atoms with van der Waals surface area (Å²) in [6.07, 6.45) is 1.86. The quantitative estimate of drug-likeness (QED) is 0.818. The third-order valence-corrected chi connectivity index (χ3v) is 3.80. The van der Waals surface area contributed by atoms with Crippen LogP contribution in [0.1, 0.15) is 18.4 Å². The number of nitrogens with two attached hydrogens (primary N) is 2. The third kappa shape index (κ3) is 2.94. The molecule has 1 aromatic rings. The van der Waals surface area contributed by atoms with Crippen LogP contribution in [-0.4, -0.2) is 23.9 Å². The van der Waals surface area contributed by atoms with E-state index in [1.165, 1.54) is 0 Å². The zero-order valence-electron chi connectivity index (χ0n) is 10.2. The molecule has 0 radical (unpaired) electrons. The third-order valence-electron chi connectivity index (χ3n) is 3.44. The van der Waals surface area contributed by atoms with Crippen LogP contribution in [0.25, 0.3) is 0 Å². The highest BCUT2D eigenvalue weighted by atomic mass is 35.5. The zero-order chi connectivity index (χ0) is 13.1. The number of carbonyl (C=O) groups is 1. The lowest BCUT2D eigenvalue weighted by Crippen LogP contribution is -2.40. The second kappa shape index (κ2) is 5.59. The van der Waals surface area contributed by atoms with Crippen molar-refractivity contribution >= 4 is 23.2 Å². The molecule has 4 nitrogen and oxygen atoms in total. The first-order chi connectivity index (χ1) is 8.58. The standard InChI is InChI=1S/C13H18ClN3O/c14-11-4-1-5-12(15)10(11)8-17-6-2-3-9(7-17)13(16)18/h1,4-5,9H,2-3,6-8,15H2,(H2,16,18). The van der Waals surface area contributed by atoms with Gasteiger partial charge in [0.15, 0.2) is 0 Å². The SMILES string of the molecule is NC(=O)C1CCCN(Cc2c(N)cccc2Cl)C1. The van der Waals surface area contributed by atoms with E-state index in [2.05, 4.69) is 4.90 Å². The molecule has 1 atom stereocenters. The van der Waals surface area contributed by atoms with Crippen molar-refractivity contribution in [1.29, 1.82) is 0 Å². The highest BCUT2D eigenvalue weighted by Crippen LogP contribution is 2.26. The Morgan fingerprint density at radius 1 is 1.50 bits per heavy atom. The molecule has 0 aromatic heterocycles. The second-order valence-corrected chi connectivity index (χ2v) is 5.19. The molecule has 5 heteroatoms. The molecule has 1 heterocycles. The molecule has 0 bridgehead atoms. The number of rotatable bonds is 3. The lowest BCUT2D eigenvalue weighted by molar-refractivity contribution is -0.123. The van der Waals surface area contributed by atoms with Gasteiger partial charge in [0.05, 0.1) is 5.92 Å². The number of nitrogens with zero attached hydrogens (tertiary/aromatic N) is 1. The molecule has 2 rings (SSSR count). The van der Waals surface area contributed by atoms with Crippen LogP contribution in [0, 0.1) is 5.92 Å². The molecule has 0 aliphatic carbocycles. The van der Waals surface area contributed by atoms with Crippen molar-refractivity contribution in [2.45, 2.75) is 19.4 Å². The molecule has 4 N–H and O–H groups in total. The van der Waals surface area contributed by atoms with Gasteiger partial charge in [-0.15, -0.1) is 0 Å². The fourth-order valence-corrected chi connectivity index (χ4v) is 2.64. The summed E-state index contributed by atoms with van der Waals surface area (Å²) in [5.41, 5.74) is 12.9. The van der Waals surface area contributed by atoms with Gasteiger partial charge in [0.25, 0.3) is 0 Å². The summed E-state index contributed by atoms with van der Waals surface area (Å²) < 4.78 is 0. The predicted molar refractivity (Wildman–Crippen MR) is 73.1 cm³/mol. The highest BCUT2D eigenvalue weighted by Gasteiger charge is 2.24. The number of amides is 1. The summed E-state index contributed by atoms with van der Waals surface area (Å²) in [6.45, 7) is 2.32. The first kappa shape index (κ1) is 13.2. The van der Waals surface area contributed by atoms with E-state index in [0.29, 0.717) is 23.8 Å². The molecular formula is C13H18ClN3O. The lowest BCUT2D eigenvalue weighted by Gasteiger charge is -2.31. The number of benzene rings is 1. The van der Waals surface area contributed by atoms with Gasteiger partial charge in [-0.3, -0.25) is 9.69 Å². The average Bonchev–Trinajstić information content (AvgIpc) is 2.34. The summed E-state index contributed by atoms with van der Waals surface area (Å²) >= 11 is 6.15. The number of nitrogen functional groups attached to an aromatic ring is 1. The van der Waals surface area contributed by atoms with Crippen LogP contribution < -0.4 is 11.5 Å². The molecular weight excluding hydrogens is 250 g/mol. The van der Waals surface area contributed by atoms with Gasteiger partial charge in [-0.25, -0.2) is 0 Å². The Morgan fingerprint density at radius 2 is 2.28 bits per heavy atom. The Bertz CT molecular complexity index is 430. The van der Waals surface area contributed by atoms with Crippen LogP contribution in [0.4, 0.5) is 5.69 Å². The molecule has 0 spiro atoms. The van der Waals surface area contributed by atoms with E-state index in [4.69, 9.17) is 23.1 Å². The van der Waals surface area contributed by atoms with E-state index in [1.807, 2.05) is 18.2 Å². The number of likely N-dealkylation sites (tertiary alicyclic amines) is 1. The van der Waals surface area contributed by atoms with Gasteiger partial charge in [0, 0.05) is 29.4 Å². The van der Waals surface area contributed by atoms with Crippen molar-refractivity contribution in [3.8, 4) is 0 Å². The molecule has 1 amide bonds. The second-order valence-electron chi connectivity index (χ2n) is 4.78. The van der Waals surface area contributed by atoms with Gasteiger partial charge in [-0.2, -0.15) is 0 Å². The van der Waals surface area contributed by atoms with Crippen LogP contribution in [0.15, 0.2) is 18.2 Å². The minimum Gasteiger partial charge on any atom is -0.398 e. The maximum Gasteiger partial charge on any atom is 0.221 e. The summed E-state index contributed by atoms with van der Waals surface area (Å²) in [7, 11) is 0. The molecule has 1 aliphatic rings. The molecule has 98 valence electrons. The number of halogens is 1. The van der Waals surface area contributed by atoms with Crippen LogP contribution in [0.2, 0.25) is 5.02 Å². The molecule has 18 heavy (non-hydrogen) atoms. The normalized spacial score (nSPS) is 20.8. The number of primary amides is 1. The smallest absolute Gasteiger partial charge is 0.221 e. The van der Waals surface area contributed by atoms with Crippen molar-refractivity contribution in [1.82, 2.24) is 4.90 Å². The zero-order valence-corrected chi connectivity index (χ0v) is 11.0. The fraction of sp³-hybridized carbons (Fsp3) is 0.462. The topological polar surface area (TPSA) is 72.4 Å². The molecule has 1 aromatic carbocycles. The highest BCUT2D eigenvalue weighted by molar-refractivity contribution is 6.31. The monoisotopic (exact) mass is 267 g/mol. The summed E-state index contributed by atoms with van der Waals surface area (Å²) in [4.78, 5) is 13.4. The maximum absolute atomic E-state index is 11.2. The first-order valence-electron chi connectivity index (χ1n) is 6.12. The van der Waals surface area contributed by atoms with Crippen molar-refractivity contribution in [3.63, 3.8) is 0 Å². The number of hydrogen-bond acceptors (Lipinski definition) is 3. The molecule has 1 aliphatic heterocycles. The van der Waals surface area contributed by atoms with Gasteiger partial charge >= 0.3 is 0 Å². The Labute approximate surface area is 112 Å². The van der Waals surface area contributed by atoms with E-state index in [-0.39, 0.29) is 11.8 Å². The fourth-order valence-electron chi connectivity index (χ4n) is 2.40. The Morgan fingerprint density at radius 3 is 2.94 bits per heavy atom. The van der Waals surface area contributed by atoms with Gasteiger partial charge in [0.1, 0.15) is 0 Å². The van der Waals surface area contributed by atoms with Crippen molar-refractivity contribution in [3.05, 3.63) is 28.8 Å². The van der Waals surface area contributed by atoms with Crippen LogP contribution in [0.3, 0.4) is 0 Å². The lowest BCUT2D eigenvalue weighted by atomic mass is 9.97. The minimum atomic E-state index is -0.216. The number of hydrogen-bond donors (Lipinski definition) is 2. The van der Waals surface area contributed by atoms with E-state index in [1.54, 1.807) is 0 Å². The molecule has 1 unspecified atom stereocenters. The summed E-state index contributed by atoms with van der Waals surface area (Å²) in [5, 5.41) is 0.677. The first-order valence-corrected chi connectivity index (χ1v) is 6.50. The van der Waals surface area contributed by atoms with Crippen LogP contribution in [-0.2, 0) is 11.3 Å². The van der Waals surface area contributed by atoms with E-state index in [0.717, 1.165) is 24.9 Å². The molecule has 0 saturated carbocycles. The van der Waals surface area contributed by atoms with Gasteiger partial charge in [-0.1, -0.05) is 17.7 Å². The van der Waals surface area contributed by atoms with Crippen LogP contribution in [0.5, 0.6) is 0 Å². The average molecular weight is 268 g/mol. The van der Waals surface area contributed by atoms with Crippen molar-refractivity contribution < 1.29 is 4.79 Å². The summed E-state index contributed by atoms with van der Waals surface area (Å²) in [6, 6.07) is 5.52. The summed E-state index contributed by atoms with van der Waals surface area (Å²) in [5.74, 6) is -0.269. The Balaban J connectivity index is 2.07. The van der Waals surface area contributed by atoms with Crippen molar-refractivity contribution in [2.24, 2.45) is 11.7 Å². The molecule has 1 saturated heterocycles. The predicted octanol–water partition coefficient (Wildman–Crippen LogP) is 1.62. The van der Waals surface area contributed by atoms with Crippen LogP contribution >= 0.6 is 11.6 Å². The maximum atomic E-state index is 11.2. The Kier molecular flexibility index (Phi) is 4.09.